The zero-order valence-electron chi connectivity index (χ0n) is 14.9. The summed E-state index contributed by atoms with van der Waals surface area (Å²) in [5, 5.41) is 3.50. The van der Waals surface area contributed by atoms with E-state index < -0.39 is 0 Å². The van der Waals surface area contributed by atoms with E-state index in [0.29, 0.717) is 36.8 Å². The Morgan fingerprint density at radius 2 is 2.04 bits per heavy atom. The average Bonchev–Trinajstić information content (AvgIpc) is 2.58. The van der Waals surface area contributed by atoms with Gasteiger partial charge in [0.05, 0.1) is 17.3 Å². The third kappa shape index (κ3) is 6.02. The predicted molar refractivity (Wildman–Crippen MR) is 98.8 cm³/mol. The van der Waals surface area contributed by atoms with Crippen molar-refractivity contribution < 1.29 is 9.53 Å². The van der Waals surface area contributed by atoms with Crippen molar-refractivity contribution in [2.75, 3.05) is 6.61 Å². The molecule has 0 saturated carbocycles. The Bertz CT molecular complexity index is 714. The maximum Gasteiger partial charge on any atom is 0.220 e. The molecule has 0 radical (unpaired) electrons. The van der Waals surface area contributed by atoms with Crippen molar-refractivity contribution >= 4 is 17.5 Å². The van der Waals surface area contributed by atoms with Crippen LogP contribution < -0.4 is 10.1 Å². The Morgan fingerprint density at radius 3 is 2.76 bits per heavy atom. The molecule has 0 aliphatic carbocycles. The summed E-state index contributed by atoms with van der Waals surface area (Å²) in [4.78, 5) is 20.4. The molecule has 2 rings (SSSR count). The third-order valence-electron chi connectivity index (χ3n) is 3.62. The molecule has 0 aliphatic heterocycles. The van der Waals surface area contributed by atoms with Crippen molar-refractivity contribution in [3.63, 3.8) is 0 Å². The Labute approximate surface area is 153 Å². The van der Waals surface area contributed by atoms with E-state index >= 15 is 0 Å². The molecule has 0 atom stereocenters. The first kappa shape index (κ1) is 19.2. The highest BCUT2D eigenvalue weighted by molar-refractivity contribution is 6.32. The van der Waals surface area contributed by atoms with Crippen LogP contribution in [0.25, 0.3) is 0 Å². The van der Waals surface area contributed by atoms with Crippen molar-refractivity contribution in [3.8, 4) is 5.75 Å². The molecular formula is C19H24ClN3O2. The summed E-state index contributed by atoms with van der Waals surface area (Å²) in [5.41, 5.74) is 1.80. The molecule has 1 heterocycles. The van der Waals surface area contributed by atoms with Crippen LogP contribution in [0.2, 0.25) is 5.02 Å². The lowest BCUT2D eigenvalue weighted by molar-refractivity contribution is -0.121. The van der Waals surface area contributed by atoms with Gasteiger partial charge in [-0.05, 0) is 18.6 Å². The molecule has 0 unspecified atom stereocenters. The molecule has 6 heteroatoms. The van der Waals surface area contributed by atoms with Gasteiger partial charge in [0.2, 0.25) is 5.91 Å². The number of rotatable bonds is 7. The number of amides is 1. The van der Waals surface area contributed by atoms with Crippen LogP contribution in [0, 0.1) is 0 Å². The second-order valence-electron chi connectivity index (χ2n) is 6.81. The third-order valence-corrected chi connectivity index (χ3v) is 3.93. The number of aromatic nitrogens is 2. The quantitative estimate of drug-likeness (QED) is 0.759. The van der Waals surface area contributed by atoms with Gasteiger partial charge in [-0.15, -0.1) is 0 Å². The second kappa shape index (κ2) is 8.81. The first-order valence-corrected chi connectivity index (χ1v) is 8.69. The summed E-state index contributed by atoms with van der Waals surface area (Å²) >= 11 is 6.02. The van der Waals surface area contributed by atoms with Crippen LogP contribution >= 0.6 is 11.6 Å². The lowest BCUT2D eigenvalue weighted by Crippen LogP contribution is -2.26. The number of carbonyl (C=O) groups is 1. The summed E-state index contributed by atoms with van der Waals surface area (Å²) in [6.45, 7) is 7.14. The molecule has 1 aromatic carbocycles. The van der Waals surface area contributed by atoms with Crippen LogP contribution in [0.15, 0.2) is 36.8 Å². The largest absolute Gasteiger partial charge is 0.492 e. The van der Waals surface area contributed by atoms with Crippen molar-refractivity contribution in [3.05, 3.63) is 53.1 Å². The fourth-order valence-electron chi connectivity index (χ4n) is 2.42. The van der Waals surface area contributed by atoms with Crippen LogP contribution in [-0.2, 0) is 16.8 Å². The van der Waals surface area contributed by atoms with Crippen molar-refractivity contribution in [2.24, 2.45) is 0 Å². The molecule has 134 valence electrons. The highest BCUT2D eigenvalue weighted by atomic mass is 35.5. The Kier molecular flexibility index (Phi) is 6.76. The van der Waals surface area contributed by atoms with Crippen LogP contribution in [0.4, 0.5) is 0 Å². The Balaban J connectivity index is 1.76. The van der Waals surface area contributed by atoms with E-state index in [2.05, 4.69) is 36.1 Å². The minimum atomic E-state index is -0.0915. The molecule has 25 heavy (non-hydrogen) atoms. The van der Waals surface area contributed by atoms with E-state index in [1.807, 2.05) is 18.2 Å². The Morgan fingerprint density at radius 1 is 1.28 bits per heavy atom. The van der Waals surface area contributed by atoms with E-state index in [4.69, 9.17) is 16.3 Å². The molecule has 0 saturated heterocycles. The van der Waals surface area contributed by atoms with Gasteiger partial charge >= 0.3 is 0 Å². The number of nitrogens with zero attached hydrogens (tertiary/aromatic N) is 2. The Hall–Kier alpha value is -2.14. The van der Waals surface area contributed by atoms with Gasteiger partial charge in [0, 0.05) is 30.1 Å². The maximum atomic E-state index is 12.0. The van der Waals surface area contributed by atoms with Crippen molar-refractivity contribution in [1.82, 2.24) is 15.3 Å². The molecule has 1 amide bonds. The average molecular weight is 362 g/mol. The minimum Gasteiger partial charge on any atom is -0.492 e. The van der Waals surface area contributed by atoms with Gasteiger partial charge in [-0.1, -0.05) is 44.5 Å². The smallest absolute Gasteiger partial charge is 0.220 e. The summed E-state index contributed by atoms with van der Waals surface area (Å²) in [7, 11) is 0. The molecule has 1 aromatic heterocycles. The first-order valence-electron chi connectivity index (χ1n) is 8.31. The number of ether oxygens (including phenoxy) is 1. The lowest BCUT2D eigenvalue weighted by Gasteiger charge is -2.21. The fraction of sp³-hybridized carbons (Fsp3) is 0.421. The number of benzene rings is 1. The standard InChI is InChI=1S/C19H24ClN3O2/c1-19(2,3)18-14(11-21-13-23-18)12-22-17(24)9-6-10-25-16-8-5-4-7-15(16)20/h4-5,7-8,11,13H,6,9-10,12H2,1-3H3,(H,22,24). The zero-order valence-corrected chi connectivity index (χ0v) is 15.6. The van der Waals surface area contributed by atoms with E-state index in [1.54, 1.807) is 12.3 Å². The molecular weight excluding hydrogens is 338 g/mol. The van der Waals surface area contributed by atoms with Crippen LogP contribution in [0.1, 0.15) is 44.9 Å². The first-order chi connectivity index (χ1) is 11.9. The number of carbonyl (C=O) groups excluding carboxylic acids is 1. The van der Waals surface area contributed by atoms with Crippen LogP contribution in [0.5, 0.6) is 5.75 Å². The number of hydrogen-bond acceptors (Lipinski definition) is 4. The fourth-order valence-corrected chi connectivity index (χ4v) is 2.61. The molecule has 1 N–H and O–H groups in total. The summed E-state index contributed by atoms with van der Waals surface area (Å²) < 4.78 is 5.58. The highest BCUT2D eigenvalue weighted by Gasteiger charge is 2.19. The van der Waals surface area contributed by atoms with Gasteiger partial charge in [0.25, 0.3) is 0 Å². The van der Waals surface area contributed by atoms with Crippen LogP contribution in [-0.4, -0.2) is 22.5 Å². The van der Waals surface area contributed by atoms with E-state index in [1.165, 1.54) is 6.33 Å². The SMILES string of the molecule is CC(C)(C)c1ncncc1CNC(=O)CCCOc1ccccc1Cl. The molecule has 2 aromatic rings. The number of nitrogens with one attached hydrogen (secondary N) is 1. The van der Waals surface area contributed by atoms with Gasteiger partial charge in [0.15, 0.2) is 0 Å². The normalized spacial score (nSPS) is 11.2. The highest BCUT2D eigenvalue weighted by Crippen LogP contribution is 2.24. The summed E-state index contributed by atoms with van der Waals surface area (Å²) in [5.74, 6) is 0.618. The van der Waals surface area contributed by atoms with E-state index in [0.717, 1.165) is 11.3 Å². The van der Waals surface area contributed by atoms with Gasteiger partial charge < -0.3 is 10.1 Å². The van der Waals surface area contributed by atoms with E-state index in [-0.39, 0.29) is 11.3 Å². The van der Waals surface area contributed by atoms with E-state index in [9.17, 15) is 4.79 Å². The molecule has 0 spiro atoms. The van der Waals surface area contributed by atoms with Gasteiger partial charge in [-0.2, -0.15) is 0 Å². The van der Waals surface area contributed by atoms with Crippen molar-refractivity contribution in [1.29, 1.82) is 0 Å². The molecule has 0 bridgehead atoms. The number of para-hydroxylation sites is 1. The van der Waals surface area contributed by atoms with Crippen LogP contribution in [0.3, 0.4) is 0 Å². The van der Waals surface area contributed by atoms with Gasteiger partial charge in [0.1, 0.15) is 12.1 Å². The number of halogens is 1. The van der Waals surface area contributed by atoms with Crippen molar-refractivity contribution in [2.45, 2.75) is 45.6 Å². The maximum absolute atomic E-state index is 12.0. The lowest BCUT2D eigenvalue weighted by atomic mass is 9.89. The molecule has 0 fully saturated rings. The second-order valence-corrected chi connectivity index (χ2v) is 7.21. The predicted octanol–water partition coefficient (Wildman–Crippen LogP) is 3.90. The molecule has 0 aliphatic rings. The topological polar surface area (TPSA) is 64.1 Å². The van der Waals surface area contributed by atoms with Gasteiger partial charge in [-0.25, -0.2) is 9.97 Å². The monoisotopic (exact) mass is 361 g/mol. The molecule has 5 nitrogen and oxygen atoms in total. The minimum absolute atomic E-state index is 0.0218. The summed E-state index contributed by atoms with van der Waals surface area (Å²) in [6.07, 6.45) is 4.31. The zero-order chi connectivity index (χ0) is 18.3. The summed E-state index contributed by atoms with van der Waals surface area (Å²) in [6, 6.07) is 7.30. The number of hydrogen-bond donors (Lipinski definition) is 1. The van der Waals surface area contributed by atoms with Gasteiger partial charge in [-0.3, -0.25) is 4.79 Å².